The Kier molecular flexibility index (Phi) is 5.40. The van der Waals surface area contributed by atoms with Gasteiger partial charge in [0.2, 0.25) is 11.8 Å². The number of nitrogens with zero attached hydrogens (tertiary/aromatic N) is 2. The molecule has 1 N–H and O–H groups in total. The van der Waals surface area contributed by atoms with Gasteiger partial charge in [-0.25, -0.2) is 9.97 Å². The number of anilines is 1. The fourth-order valence-electron chi connectivity index (χ4n) is 3.01. The van der Waals surface area contributed by atoms with Gasteiger partial charge in [-0.2, -0.15) is 0 Å². The van der Waals surface area contributed by atoms with Crippen molar-refractivity contribution in [2.24, 2.45) is 0 Å². The highest BCUT2D eigenvalue weighted by molar-refractivity contribution is 6.31. The molecular formula is C23H18ClN3O2. The zero-order chi connectivity index (χ0) is 20.2. The molecule has 1 aromatic heterocycles. The van der Waals surface area contributed by atoms with Crippen LogP contribution in [0.1, 0.15) is 12.5 Å². The molecule has 0 saturated carbocycles. The molecule has 0 fully saturated rings. The first kappa shape index (κ1) is 18.9. The standard InChI is InChI=1S/C23H18ClN3O2/c1-15(28)25-19-11-5-3-9-17(19)22-23(27-21-13-7-6-12-20(21)26-22)29-14-16-8-2-4-10-18(16)24/h2-13H,14H2,1H3,(H,25,28). The maximum Gasteiger partial charge on any atom is 0.241 e. The minimum Gasteiger partial charge on any atom is -0.471 e. The van der Waals surface area contributed by atoms with Gasteiger partial charge in [0.1, 0.15) is 12.3 Å². The van der Waals surface area contributed by atoms with Crippen LogP contribution in [0.15, 0.2) is 72.8 Å². The SMILES string of the molecule is CC(=O)Nc1ccccc1-c1nc2ccccc2nc1OCc1ccccc1Cl. The summed E-state index contributed by atoms with van der Waals surface area (Å²) in [5.41, 5.74) is 4.25. The first-order valence-electron chi connectivity index (χ1n) is 9.12. The zero-order valence-corrected chi connectivity index (χ0v) is 16.5. The Labute approximate surface area is 173 Å². The van der Waals surface area contributed by atoms with E-state index in [1.54, 1.807) is 0 Å². The maximum atomic E-state index is 11.6. The summed E-state index contributed by atoms with van der Waals surface area (Å²) in [6, 6.07) is 22.5. The van der Waals surface area contributed by atoms with Crippen LogP contribution in [0, 0.1) is 0 Å². The van der Waals surface area contributed by atoms with Crippen molar-refractivity contribution in [2.45, 2.75) is 13.5 Å². The summed E-state index contributed by atoms with van der Waals surface area (Å²) in [5, 5.41) is 3.47. The molecule has 4 rings (SSSR count). The number of amides is 1. The van der Waals surface area contributed by atoms with E-state index < -0.39 is 0 Å². The molecule has 0 aliphatic rings. The van der Waals surface area contributed by atoms with E-state index in [4.69, 9.17) is 21.3 Å². The number of rotatable bonds is 5. The van der Waals surface area contributed by atoms with E-state index in [0.717, 1.165) is 22.2 Å². The molecule has 0 atom stereocenters. The molecule has 5 nitrogen and oxygen atoms in total. The molecule has 29 heavy (non-hydrogen) atoms. The molecule has 0 unspecified atom stereocenters. The Morgan fingerprint density at radius 1 is 0.931 bits per heavy atom. The molecule has 4 aromatic rings. The van der Waals surface area contributed by atoms with Gasteiger partial charge in [-0.1, -0.05) is 60.1 Å². The quantitative estimate of drug-likeness (QED) is 0.478. The van der Waals surface area contributed by atoms with Crippen molar-refractivity contribution in [3.8, 4) is 17.1 Å². The van der Waals surface area contributed by atoms with Gasteiger partial charge < -0.3 is 10.1 Å². The van der Waals surface area contributed by atoms with Crippen LogP contribution in [0.5, 0.6) is 5.88 Å². The molecule has 0 spiro atoms. The van der Waals surface area contributed by atoms with Gasteiger partial charge in [0, 0.05) is 23.1 Å². The Morgan fingerprint density at radius 3 is 2.34 bits per heavy atom. The normalized spacial score (nSPS) is 10.7. The minimum atomic E-state index is -0.162. The van der Waals surface area contributed by atoms with Gasteiger partial charge >= 0.3 is 0 Å². The van der Waals surface area contributed by atoms with Crippen molar-refractivity contribution in [1.29, 1.82) is 0 Å². The van der Waals surface area contributed by atoms with Crippen molar-refractivity contribution >= 4 is 34.2 Å². The average molecular weight is 404 g/mol. The van der Waals surface area contributed by atoms with Crippen molar-refractivity contribution in [1.82, 2.24) is 9.97 Å². The first-order valence-corrected chi connectivity index (χ1v) is 9.49. The minimum absolute atomic E-state index is 0.162. The lowest BCUT2D eigenvalue weighted by Crippen LogP contribution is -2.08. The number of halogens is 1. The Hall–Kier alpha value is -3.44. The van der Waals surface area contributed by atoms with Gasteiger partial charge in [-0.05, 0) is 24.3 Å². The van der Waals surface area contributed by atoms with Crippen molar-refractivity contribution in [2.75, 3.05) is 5.32 Å². The smallest absolute Gasteiger partial charge is 0.241 e. The fourth-order valence-corrected chi connectivity index (χ4v) is 3.20. The second kappa shape index (κ2) is 8.29. The monoisotopic (exact) mass is 403 g/mol. The van der Waals surface area contributed by atoms with Crippen LogP contribution in [0.3, 0.4) is 0 Å². The van der Waals surface area contributed by atoms with Crippen LogP contribution in [0.4, 0.5) is 5.69 Å². The van der Waals surface area contributed by atoms with Crippen molar-refractivity contribution < 1.29 is 9.53 Å². The van der Waals surface area contributed by atoms with Crippen LogP contribution in [-0.2, 0) is 11.4 Å². The molecule has 1 heterocycles. The molecule has 0 saturated heterocycles. The van der Waals surface area contributed by atoms with E-state index >= 15 is 0 Å². The molecule has 0 bridgehead atoms. The molecule has 1 amide bonds. The number of hydrogen-bond acceptors (Lipinski definition) is 4. The molecule has 144 valence electrons. The van der Waals surface area contributed by atoms with Crippen LogP contribution in [0.25, 0.3) is 22.3 Å². The van der Waals surface area contributed by atoms with Crippen LogP contribution in [-0.4, -0.2) is 15.9 Å². The average Bonchev–Trinajstić information content (AvgIpc) is 2.72. The number of ether oxygens (including phenoxy) is 1. The van der Waals surface area contributed by atoms with Crippen LogP contribution in [0.2, 0.25) is 5.02 Å². The van der Waals surface area contributed by atoms with Gasteiger partial charge in [-0.15, -0.1) is 0 Å². The Balaban J connectivity index is 1.81. The summed E-state index contributed by atoms with van der Waals surface area (Å²) in [5.74, 6) is 0.214. The molecule has 0 aliphatic heterocycles. The van der Waals surface area contributed by atoms with E-state index in [0.29, 0.717) is 22.3 Å². The van der Waals surface area contributed by atoms with Crippen molar-refractivity contribution in [3.05, 3.63) is 83.4 Å². The third-order valence-electron chi connectivity index (χ3n) is 4.35. The molecule has 3 aromatic carbocycles. The first-order chi connectivity index (χ1) is 14.1. The summed E-state index contributed by atoms with van der Waals surface area (Å²) >= 11 is 6.26. The molecular weight excluding hydrogens is 386 g/mol. The second-order valence-corrected chi connectivity index (χ2v) is 6.88. The number of para-hydroxylation sites is 3. The van der Waals surface area contributed by atoms with Crippen LogP contribution >= 0.6 is 11.6 Å². The van der Waals surface area contributed by atoms with Gasteiger partial charge in [-0.3, -0.25) is 4.79 Å². The summed E-state index contributed by atoms with van der Waals surface area (Å²) in [6.07, 6.45) is 0. The number of hydrogen-bond donors (Lipinski definition) is 1. The number of fused-ring (bicyclic) bond motifs is 1. The Bertz CT molecular complexity index is 1190. The number of carbonyl (C=O) groups is 1. The van der Waals surface area contributed by atoms with E-state index in [1.807, 2.05) is 72.8 Å². The van der Waals surface area contributed by atoms with Crippen molar-refractivity contribution in [3.63, 3.8) is 0 Å². The molecule has 0 aliphatic carbocycles. The van der Waals surface area contributed by atoms with Gasteiger partial charge in [0.15, 0.2) is 0 Å². The summed E-state index contributed by atoms with van der Waals surface area (Å²) in [4.78, 5) is 21.1. The van der Waals surface area contributed by atoms with E-state index in [9.17, 15) is 4.79 Å². The summed E-state index contributed by atoms with van der Waals surface area (Å²) in [6.45, 7) is 1.72. The lowest BCUT2D eigenvalue weighted by atomic mass is 10.1. The summed E-state index contributed by atoms with van der Waals surface area (Å²) in [7, 11) is 0. The highest BCUT2D eigenvalue weighted by Crippen LogP contribution is 2.34. The third-order valence-corrected chi connectivity index (χ3v) is 4.72. The van der Waals surface area contributed by atoms with Gasteiger partial charge in [0.25, 0.3) is 0 Å². The number of benzene rings is 3. The number of aromatic nitrogens is 2. The maximum absolute atomic E-state index is 11.6. The lowest BCUT2D eigenvalue weighted by Gasteiger charge is -2.14. The van der Waals surface area contributed by atoms with Gasteiger partial charge in [0.05, 0.1) is 16.7 Å². The predicted molar refractivity (Wildman–Crippen MR) is 115 cm³/mol. The van der Waals surface area contributed by atoms with E-state index in [-0.39, 0.29) is 12.5 Å². The van der Waals surface area contributed by atoms with Crippen LogP contribution < -0.4 is 10.1 Å². The molecule has 0 radical (unpaired) electrons. The second-order valence-electron chi connectivity index (χ2n) is 6.47. The fraction of sp³-hybridized carbons (Fsp3) is 0.0870. The number of carbonyl (C=O) groups excluding carboxylic acids is 1. The largest absolute Gasteiger partial charge is 0.471 e. The lowest BCUT2D eigenvalue weighted by molar-refractivity contribution is -0.114. The van der Waals surface area contributed by atoms with E-state index in [2.05, 4.69) is 10.3 Å². The Morgan fingerprint density at radius 2 is 1.59 bits per heavy atom. The molecule has 6 heteroatoms. The predicted octanol–water partition coefficient (Wildman–Crippen LogP) is 5.49. The highest BCUT2D eigenvalue weighted by atomic mass is 35.5. The van der Waals surface area contributed by atoms with E-state index in [1.165, 1.54) is 6.92 Å². The highest BCUT2D eigenvalue weighted by Gasteiger charge is 2.17. The number of nitrogens with one attached hydrogen (secondary N) is 1. The topological polar surface area (TPSA) is 64.1 Å². The third kappa shape index (κ3) is 4.20. The summed E-state index contributed by atoms with van der Waals surface area (Å²) < 4.78 is 6.06. The zero-order valence-electron chi connectivity index (χ0n) is 15.7.